The molecule has 0 aliphatic carbocycles. The molecule has 0 rings (SSSR count). The normalized spacial score (nSPS) is 16.2. The van der Waals surface area contributed by atoms with E-state index >= 15 is 0 Å². The first kappa shape index (κ1) is 12.5. The van der Waals surface area contributed by atoms with Crippen molar-refractivity contribution < 1.29 is 38.4 Å². The monoisotopic (exact) mass is 232 g/mol. The van der Waals surface area contributed by atoms with Crippen LogP contribution in [0, 0.1) is 0 Å². The van der Waals surface area contributed by atoms with Crippen molar-refractivity contribution >= 4 is 10.5 Å². The van der Waals surface area contributed by atoms with Gasteiger partial charge in [-0.3, -0.25) is 0 Å². The Hall–Kier alpha value is -0.510. The van der Waals surface area contributed by atoms with Gasteiger partial charge in [0.15, 0.2) is 0 Å². The van der Waals surface area contributed by atoms with E-state index in [-0.39, 0.29) is 0 Å². The van der Waals surface area contributed by atoms with Gasteiger partial charge in [0.2, 0.25) is 6.10 Å². The summed E-state index contributed by atoms with van der Waals surface area (Å²) in [5, 5.41) is 0. The van der Waals surface area contributed by atoms with Crippen molar-refractivity contribution in [2.75, 3.05) is 0 Å². The van der Waals surface area contributed by atoms with E-state index in [0.29, 0.717) is 0 Å². The Bertz CT molecular complexity index is 255. The fourth-order valence-electron chi connectivity index (χ4n) is 0.363. The van der Waals surface area contributed by atoms with E-state index in [0.717, 1.165) is 0 Å². The van der Waals surface area contributed by atoms with Crippen molar-refractivity contribution in [2.24, 2.45) is 0 Å². The molecule has 3 nitrogen and oxygen atoms in total. The maximum absolute atomic E-state index is 11.5. The molecule has 0 unspecified atom stereocenters. The van der Waals surface area contributed by atoms with E-state index < -0.39 is 29.2 Å². The van der Waals surface area contributed by atoms with Crippen LogP contribution in [0.15, 0.2) is 0 Å². The molecule has 0 aliphatic heterocycles. The van der Waals surface area contributed by atoms with Crippen LogP contribution in [-0.4, -0.2) is 27.1 Å². The van der Waals surface area contributed by atoms with E-state index in [9.17, 15) is 34.3 Å². The first-order chi connectivity index (χ1) is 5.54. The van der Waals surface area contributed by atoms with Crippen LogP contribution in [0.5, 0.6) is 0 Å². The van der Waals surface area contributed by atoms with Crippen molar-refractivity contribution in [2.45, 2.75) is 18.7 Å². The third-order valence-corrected chi connectivity index (χ3v) is 1.21. The van der Waals surface area contributed by atoms with Gasteiger partial charge < -0.3 is 0 Å². The molecule has 0 aliphatic rings. The summed E-state index contributed by atoms with van der Waals surface area (Å²) < 4.78 is 90.2. The summed E-state index contributed by atoms with van der Waals surface area (Å²) in [5.41, 5.74) is 0. The molecule has 0 saturated carbocycles. The van der Waals surface area contributed by atoms with Crippen LogP contribution in [-0.2, 0) is 14.7 Å². The fourth-order valence-corrected chi connectivity index (χ4v) is 0.804. The van der Waals surface area contributed by atoms with E-state index in [1.807, 2.05) is 0 Å². The third kappa shape index (κ3) is 4.93. The average molecular weight is 232 g/mol. The zero-order valence-electron chi connectivity index (χ0n) is 5.56. The molecule has 0 amide bonds. The number of hydrogen-bond donors (Lipinski definition) is 0. The molecule has 0 aromatic carbocycles. The molecule has 1 atom stereocenters. The lowest BCUT2D eigenvalue weighted by atomic mass is 10.4. The second-order valence-electron chi connectivity index (χ2n) is 1.79. The lowest BCUT2D eigenvalue weighted by Gasteiger charge is -2.16. The average Bonchev–Trinajstić information content (AvgIpc) is 1.77. The maximum Gasteiger partial charge on any atom is 0.438 e. The van der Waals surface area contributed by atoms with E-state index in [4.69, 9.17) is 0 Å². The van der Waals surface area contributed by atoms with Gasteiger partial charge in [0.05, 0.1) is 0 Å². The Balaban J connectivity index is 4.66. The number of hydrogen-bond acceptors (Lipinski definition) is 3. The molecule has 80 valence electrons. The molecule has 0 N–H and O–H groups in total. The Labute approximate surface area is 68.7 Å². The topological polar surface area (TPSA) is 43.4 Å². The molecule has 10 heteroatoms. The Morgan fingerprint density at radius 2 is 1.54 bits per heavy atom. The number of halogens is 6. The van der Waals surface area contributed by atoms with Crippen LogP contribution in [0.25, 0.3) is 0 Å². The molecule has 0 fully saturated rings. The second kappa shape index (κ2) is 3.70. The van der Waals surface area contributed by atoms with Crippen LogP contribution in [0.3, 0.4) is 0 Å². The first-order valence-electron chi connectivity index (χ1n) is 2.52. The van der Waals surface area contributed by atoms with Gasteiger partial charge >= 0.3 is 16.7 Å². The molecule has 0 heterocycles. The molecule has 0 radical (unpaired) electrons. The van der Waals surface area contributed by atoms with Gasteiger partial charge in [-0.25, -0.2) is 13.0 Å². The second-order valence-corrected chi connectivity index (χ2v) is 2.76. The van der Waals surface area contributed by atoms with E-state index in [2.05, 4.69) is 4.18 Å². The van der Waals surface area contributed by atoms with Crippen LogP contribution >= 0.6 is 0 Å². The summed E-state index contributed by atoms with van der Waals surface area (Å²) in [4.78, 5) is 0. The molecular formula is C3H2F6O3S. The summed E-state index contributed by atoms with van der Waals surface area (Å²) in [6, 6.07) is 0. The predicted molar refractivity (Wildman–Crippen MR) is 27.0 cm³/mol. The van der Waals surface area contributed by atoms with Crippen molar-refractivity contribution in [3.63, 3.8) is 0 Å². The number of alkyl halides is 5. The van der Waals surface area contributed by atoms with Crippen molar-refractivity contribution in [3.8, 4) is 0 Å². The van der Waals surface area contributed by atoms with E-state index in [1.54, 1.807) is 0 Å². The lowest BCUT2D eigenvalue weighted by molar-refractivity contribution is -0.227. The van der Waals surface area contributed by atoms with Crippen LogP contribution in [0.1, 0.15) is 0 Å². The van der Waals surface area contributed by atoms with Crippen molar-refractivity contribution in [1.82, 2.24) is 0 Å². The summed E-state index contributed by atoms with van der Waals surface area (Å²) in [6.07, 6.45) is -13.8. The smallest absolute Gasteiger partial charge is 0.226 e. The van der Waals surface area contributed by atoms with E-state index in [1.165, 1.54) is 0 Å². The molecule has 13 heavy (non-hydrogen) atoms. The van der Waals surface area contributed by atoms with Gasteiger partial charge in [-0.15, -0.1) is 0 Å². The highest BCUT2D eigenvalue weighted by molar-refractivity contribution is 7.81. The van der Waals surface area contributed by atoms with Crippen molar-refractivity contribution in [1.29, 1.82) is 0 Å². The number of rotatable bonds is 3. The summed E-state index contributed by atoms with van der Waals surface area (Å²) >= 11 is 0. The Kier molecular flexibility index (Phi) is 3.55. The summed E-state index contributed by atoms with van der Waals surface area (Å²) in [6.45, 7) is 0. The van der Waals surface area contributed by atoms with Crippen molar-refractivity contribution in [3.05, 3.63) is 0 Å². The third-order valence-electron chi connectivity index (χ3n) is 0.770. The highest BCUT2D eigenvalue weighted by Crippen LogP contribution is 2.28. The van der Waals surface area contributed by atoms with Crippen LogP contribution < -0.4 is 0 Å². The standard InChI is InChI=1S/C3H2F6O3S/c4-2(5)1(3(6,7)8)12-13(9,10)11/h1-2H/t1-/m1/s1. The van der Waals surface area contributed by atoms with Gasteiger partial charge in [0.25, 0.3) is 6.43 Å². The molecule has 0 saturated heterocycles. The van der Waals surface area contributed by atoms with Gasteiger partial charge in [0.1, 0.15) is 0 Å². The predicted octanol–water partition coefficient (Wildman–Crippen LogP) is 1.41. The fraction of sp³-hybridized carbons (Fsp3) is 1.00. The summed E-state index contributed by atoms with van der Waals surface area (Å²) in [5.74, 6) is 0. The van der Waals surface area contributed by atoms with Gasteiger partial charge in [-0.1, -0.05) is 3.89 Å². The minimum absolute atomic E-state index is 2.49. The SMILES string of the molecule is O=S(=O)(F)O[C@H](C(F)F)C(F)(F)F. The van der Waals surface area contributed by atoms with Crippen LogP contribution in [0.4, 0.5) is 25.8 Å². The summed E-state index contributed by atoms with van der Waals surface area (Å²) in [7, 11) is -6.05. The van der Waals surface area contributed by atoms with Gasteiger partial charge in [0, 0.05) is 0 Å². The minimum atomic E-state index is -6.05. The quantitative estimate of drug-likeness (QED) is 0.545. The van der Waals surface area contributed by atoms with Gasteiger partial charge in [-0.05, 0) is 0 Å². The largest absolute Gasteiger partial charge is 0.438 e. The lowest BCUT2D eigenvalue weighted by Crippen LogP contribution is -2.38. The minimum Gasteiger partial charge on any atom is -0.226 e. The molecular weight excluding hydrogens is 230 g/mol. The highest BCUT2D eigenvalue weighted by atomic mass is 32.3. The molecule has 0 aromatic heterocycles. The Morgan fingerprint density at radius 3 is 1.62 bits per heavy atom. The zero-order chi connectivity index (χ0) is 10.9. The molecule has 0 bridgehead atoms. The maximum atomic E-state index is 11.5. The highest BCUT2D eigenvalue weighted by Gasteiger charge is 2.50. The van der Waals surface area contributed by atoms with Gasteiger partial charge in [-0.2, -0.15) is 21.6 Å². The zero-order valence-corrected chi connectivity index (χ0v) is 6.37. The Morgan fingerprint density at radius 1 is 1.15 bits per heavy atom. The van der Waals surface area contributed by atoms with Crippen LogP contribution in [0.2, 0.25) is 0 Å². The molecule has 0 spiro atoms. The first-order valence-corrected chi connectivity index (χ1v) is 3.82. The molecule has 0 aromatic rings.